The number of benzene rings is 1. The minimum absolute atomic E-state index is 0.243. The normalized spacial score (nSPS) is 12.3. The minimum Gasteiger partial charge on any atom is -0.341 e. The molecule has 2 aromatic heterocycles. The number of halogens is 1. The fourth-order valence-corrected chi connectivity index (χ4v) is 3.07. The van der Waals surface area contributed by atoms with Gasteiger partial charge in [0.05, 0.1) is 21.5 Å². The highest BCUT2D eigenvalue weighted by molar-refractivity contribution is 9.10. The van der Waals surface area contributed by atoms with E-state index in [1.54, 1.807) is 13.1 Å². The number of aromatic nitrogens is 4. The van der Waals surface area contributed by atoms with E-state index in [1.807, 2.05) is 31.2 Å². The number of rotatable bonds is 4. The summed E-state index contributed by atoms with van der Waals surface area (Å²) in [5.74, 6) is 1.13. The summed E-state index contributed by atoms with van der Waals surface area (Å²) < 4.78 is 2.68. The molecule has 3 rings (SSSR count). The second kappa shape index (κ2) is 6.68. The summed E-state index contributed by atoms with van der Waals surface area (Å²) >= 11 is 3.33. The van der Waals surface area contributed by atoms with Crippen LogP contribution in [0.1, 0.15) is 42.0 Å². The van der Waals surface area contributed by atoms with Crippen LogP contribution in [0.25, 0.3) is 11.0 Å². The number of amides is 1. The van der Waals surface area contributed by atoms with Crippen molar-refractivity contribution in [2.45, 2.75) is 33.4 Å². The van der Waals surface area contributed by atoms with E-state index >= 15 is 0 Å². The van der Waals surface area contributed by atoms with Crippen LogP contribution in [0.5, 0.6) is 0 Å². The van der Waals surface area contributed by atoms with Gasteiger partial charge in [0.2, 0.25) is 0 Å². The van der Waals surface area contributed by atoms with Crippen molar-refractivity contribution in [3.63, 3.8) is 0 Å². The smallest absolute Gasteiger partial charge is 0.271 e. The molecule has 0 spiro atoms. The van der Waals surface area contributed by atoms with E-state index in [2.05, 4.69) is 47.7 Å². The van der Waals surface area contributed by atoms with Gasteiger partial charge in [0.1, 0.15) is 17.3 Å². The van der Waals surface area contributed by atoms with Crippen LogP contribution >= 0.6 is 15.9 Å². The maximum atomic E-state index is 12.5. The number of hydrogen-bond acceptors (Lipinski definition) is 4. The molecule has 1 aromatic carbocycles. The first kappa shape index (κ1) is 16.6. The molecule has 1 atom stereocenters. The van der Waals surface area contributed by atoms with Gasteiger partial charge in [-0.1, -0.05) is 12.1 Å². The molecule has 0 aliphatic rings. The third-order valence-electron chi connectivity index (χ3n) is 3.81. The molecule has 7 heteroatoms. The second-order valence-corrected chi connectivity index (χ2v) is 6.37. The fraction of sp³-hybridized carbons (Fsp3) is 0.294. The van der Waals surface area contributed by atoms with E-state index in [1.165, 1.54) is 0 Å². The summed E-state index contributed by atoms with van der Waals surface area (Å²) in [6.45, 7) is 6.53. The van der Waals surface area contributed by atoms with Crippen molar-refractivity contribution in [1.29, 1.82) is 0 Å². The van der Waals surface area contributed by atoms with Gasteiger partial charge in [-0.25, -0.2) is 15.0 Å². The van der Waals surface area contributed by atoms with Gasteiger partial charge in [0.15, 0.2) is 0 Å². The number of aryl methyl sites for hydroxylation is 2. The maximum absolute atomic E-state index is 12.5. The molecule has 0 radical (unpaired) electrons. The van der Waals surface area contributed by atoms with E-state index in [0.29, 0.717) is 16.0 Å². The Labute approximate surface area is 148 Å². The lowest BCUT2D eigenvalue weighted by molar-refractivity contribution is 0.0931. The topological polar surface area (TPSA) is 72.7 Å². The molecule has 0 saturated carbocycles. The maximum Gasteiger partial charge on any atom is 0.271 e. The average molecular weight is 388 g/mol. The molecular formula is C17H18BrN5O. The summed E-state index contributed by atoms with van der Waals surface area (Å²) in [7, 11) is 0. The molecule has 0 aliphatic carbocycles. The van der Waals surface area contributed by atoms with Crippen LogP contribution in [0.15, 0.2) is 34.9 Å². The molecule has 0 bridgehead atoms. The molecular weight excluding hydrogens is 370 g/mol. The van der Waals surface area contributed by atoms with E-state index in [4.69, 9.17) is 0 Å². The van der Waals surface area contributed by atoms with Gasteiger partial charge in [-0.05, 0) is 48.8 Å². The molecule has 1 amide bonds. The van der Waals surface area contributed by atoms with Crippen LogP contribution in [-0.4, -0.2) is 25.4 Å². The van der Waals surface area contributed by atoms with E-state index < -0.39 is 0 Å². The van der Waals surface area contributed by atoms with Crippen molar-refractivity contribution in [1.82, 2.24) is 24.8 Å². The van der Waals surface area contributed by atoms with Crippen molar-refractivity contribution in [2.24, 2.45) is 0 Å². The number of nitrogens with one attached hydrogen (secondary N) is 1. The summed E-state index contributed by atoms with van der Waals surface area (Å²) in [5, 5.41) is 2.97. The van der Waals surface area contributed by atoms with Crippen LogP contribution in [-0.2, 0) is 6.54 Å². The monoisotopic (exact) mass is 387 g/mol. The number of nitrogens with zero attached hydrogens (tertiary/aromatic N) is 4. The zero-order valence-electron chi connectivity index (χ0n) is 13.7. The zero-order valence-corrected chi connectivity index (χ0v) is 15.3. The summed E-state index contributed by atoms with van der Waals surface area (Å²) in [4.78, 5) is 25.5. The molecule has 6 nitrogen and oxygen atoms in total. The summed E-state index contributed by atoms with van der Waals surface area (Å²) in [6.07, 6.45) is 1.59. The van der Waals surface area contributed by atoms with E-state index in [-0.39, 0.29) is 11.9 Å². The van der Waals surface area contributed by atoms with Crippen molar-refractivity contribution in [2.75, 3.05) is 0 Å². The fourth-order valence-electron chi connectivity index (χ4n) is 2.70. The van der Waals surface area contributed by atoms with Gasteiger partial charge < -0.3 is 9.88 Å². The molecule has 0 saturated heterocycles. The Bertz CT molecular complexity index is 905. The Morgan fingerprint density at radius 3 is 2.83 bits per heavy atom. The number of hydrogen-bond donors (Lipinski definition) is 1. The zero-order chi connectivity index (χ0) is 17.3. The van der Waals surface area contributed by atoms with Crippen molar-refractivity contribution < 1.29 is 4.79 Å². The Balaban J connectivity index is 1.91. The predicted molar refractivity (Wildman–Crippen MR) is 95.8 cm³/mol. The van der Waals surface area contributed by atoms with Crippen molar-refractivity contribution in [3.8, 4) is 0 Å². The van der Waals surface area contributed by atoms with Gasteiger partial charge in [-0.15, -0.1) is 0 Å². The number of carbonyl (C=O) groups is 1. The standard InChI is InChI=1S/C17H18BrN5O/c1-4-23-14-8-6-5-7-13(14)22-16(23)10(2)20-17(24)15-12(18)9-19-11(3)21-15/h5-10H,4H2,1-3H3,(H,20,24)/t10-/m1/s1. The third-order valence-corrected chi connectivity index (χ3v) is 4.40. The van der Waals surface area contributed by atoms with Gasteiger partial charge in [0.25, 0.3) is 5.91 Å². The molecule has 0 unspecified atom stereocenters. The molecule has 0 aliphatic heterocycles. The Morgan fingerprint density at radius 2 is 2.08 bits per heavy atom. The highest BCUT2D eigenvalue weighted by Gasteiger charge is 2.20. The van der Waals surface area contributed by atoms with E-state index in [0.717, 1.165) is 23.4 Å². The summed E-state index contributed by atoms with van der Waals surface area (Å²) in [6, 6.07) is 7.72. The molecule has 3 aromatic rings. The Kier molecular flexibility index (Phi) is 4.62. The second-order valence-electron chi connectivity index (χ2n) is 5.51. The van der Waals surface area contributed by atoms with Crippen LogP contribution in [0.2, 0.25) is 0 Å². The average Bonchev–Trinajstić information content (AvgIpc) is 2.95. The first-order chi connectivity index (χ1) is 11.5. The van der Waals surface area contributed by atoms with Crippen LogP contribution in [0.4, 0.5) is 0 Å². The van der Waals surface area contributed by atoms with Crippen molar-refractivity contribution >= 4 is 32.9 Å². The SMILES string of the molecule is CCn1c([C@@H](C)NC(=O)c2nc(C)ncc2Br)nc2ccccc21. The molecule has 124 valence electrons. The highest BCUT2D eigenvalue weighted by Crippen LogP contribution is 2.21. The number of carbonyl (C=O) groups excluding carboxylic acids is 1. The lowest BCUT2D eigenvalue weighted by Gasteiger charge is -2.15. The number of imidazole rings is 1. The van der Waals surface area contributed by atoms with Crippen molar-refractivity contribution in [3.05, 3.63) is 52.3 Å². The van der Waals surface area contributed by atoms with Gasteiger partial charge >= 0.3 is 0 Å². The largest absolute Gasteiger partial charge is 0.341 e. The highest BCUT2D eigenvalue weighted by atomic mass is 79.9. The lowest BCUT2D eigenvalue weighted by Crippen LogP contribution is -2.30. The van der Waals surface area contributed by atoms with E-state index in [9.17, 15) is 4.79 Å². The van der Waals surface area contributed by atoms with Crippen LogP contribution < -0.4 is 5.32 Å². The summed E-state index contributed by atoms with van der Waals surface area (Å²) in [5.41, 5.74) is 2.32. The molecule has 24 heavy (non-hydrogen) atoms. The van der Waals surface area contributed by atoms with Crippen LogP contribution in [0.3, 0.4) is 0 Å². The minimum atomic E-state index is -0.255. The Hall–Kier alpha value is -2.28. The van der Waals surface area contributed by atoms with Gasteiger partial charge in [-0.2, -0.15) is 0 Å². The van der Waals surface area contributed by atoms with Gasteiger partial charge in [0, 0.05) is 12.7 Å². The number of para-hydroxylation sites is 2. The third kappa shape index (κ3) is 3.03. The molecule has 2 heterocycles. The van der Waals surface area contributed by atoms with Crippen LogP contribution in [0, 0.1) is 6.92 Å². The Morgan fingerprint density at radius 1 is 1.33 bits per heavy atom. The first-order valence-electron chi connectivity index (χ1n) is 7.76. The molecule has 1 N–H and O–H groups in total. The number of fused-ring (bicyclic) bond motifs is 1. The quantitative estimate of drug-likeness (QED) is 0.744. The lowest BCUT2D eigenvalue weighted by atomic mass is 10.2. The molecule has 0 fully saturated rings. The first-order valence-corrected chi connectivity index (χ1v) is 8.55. The predicted octanol–water partition coefficient (Wildman–Crippen LogP) is 3.41. The van der Waals surface area contributed by atoms with Gasteiger partial charge in [-0.3, -0.25) is 4.79 Å².